The van der Waals surface area contributed by atoms with Gasteiger partial charge in [-0.25, -0.2) is 4.79 Å². The van der Waals surface area contributed by atoms with E-state index < -0.39 is 11.9 Å². The normalized spacial score (nSPS) is 10.8. The van der Waals surface area contributed by atoms with E-state index in [0.717, 1.165) is 0 Å². The molecule has 0 unspecified atom stereocenters. The summed E-state index contributed by atoms with van der Waals surface area (Å²) in [6.45, 7) is 0. The van der Waals surface area contributed by atoms with E-state index in [1.165, 1.54) is 18.2 Å². The summed E-state index contributed by atoms with van der Waals surface area (Å²) in [4.78, 5) is 23.5. The van der Waals surface area contributed by atoms with Crippen molar-refractivity contribution in [1.82, 2.24) is 4.57 Å². The first-order chi connectivity index (χ1) is 14.0. The highest BCUT2D eigenvalue weighted by Gasteiger charge is 2.12. The summed E-state index contributed by atoms with van der Waals surface area (Å²) in [5, 5.41) is 21.1. The van der Waals surface area contributed by atoms with Crippen molar-refractivity contribution in [3.05, 3.63) is 83.7 Å². The minimum atomic E-state index is -1.01. The molecule has 29 heavy (non-hydrogen) atoms. The lowest BCUT2D eigenvalue weighted by Gasteiger charge is -2.08. The number of hydrogen-bond donors (Lipinski definition) is 2. The third-order valence-electron chi connectivity index (χ3n) is 4.18. The number of nitrogens with zero attached hydrogens (tertiary/aromatic N) is 2. The van der Waals surface area contributed by atoms with E-state index in [9.17, 15) is 14.9 Å². The second kappa shape index (κ2) is 8.59. The Balaban J connectivity index is 1.84. The monoisotopic (exact) mass is 387 g/mol. The van der Waals surface area contributed by atoms with Crippen molar-refractivity contribution in [2.75, 3.05) is 12.4 Å². The van der Waals surface area contributed by atoms with Crippen LogP contribution in [0.2, 0.25) is 0 Å². The maximum Gasteiger partial charge on any atom is 0.335 e. The van der Waals surface area contributed by atoms with Crippen molar-refractivity contribution in [1.29, 1.82) is 5.26 Å². The fourth-order valence-corrected chi connectivity index (χ4v) is 2.68. The van der Waals surface area contributed by atoms with Gasteiger partial charge in [0.2, 0.25) is 0 Å². The molecule has 3 aromatic rings. The third-order valence-corrected chi connectivity index (χ3v) is 4.18. The molecule has 3 rings (SSSR count). The molecule has 2 aromatic carbocycles. The van der Waals surface area contributed by atoms with Crippen LogP contribution in [0.25, 0.3) is 11.8 Å². The van der Waals surface area contributed by atoms with Gasteiger partial charge < -0.3 is 19.7 Å². The molecule has 0 saturated carbocycles. The van der Waals surface area contributed by atoms with Gasteiger partial charge in [0.05, 0.1) is 12.7 Å². The Morgan fingerprint density at radius 3 is 2.38 bits per heavy atom. The van der Waals surface area contributed by atoms with Gasteiger partial charge in [0, 0.05) is 23.3 Å². The molecule has 0 spiro atoms. The van der Waals surface area contributed by atoms with Gasteiger partial charge in [-0.1, -0.05) is 0 Å². The molecule has 7 nitrogen and oxygen atoms in total. The number of methoxy groups -OCH3 is 1. The number of carboxylic acid groups (broad SMARTS) is 1. The number of carbonyl (C=O) groups excluding carboxylic acids is 1. The van der Waals surface area contributed by atoms with Gasteiger partial charge in [-0.2, -0.15) is 5.26 Å². The minimum absolute atomic E-state index is 0.0667. The van der Waals surface area contributed by atoms with Crippen LogP contribution in [0.5, 0.6) is 5.75 Å². The van der Waals surface area contributed by atoms with Crippen molar-refractivity contribution in [3.8, 4) is 17.5 Å². The Morgan fingerprint density at radius 2 is 1.79 bits per heavy atom. The molecule has 1 heterocycles. The number of aromatic nitrogens is 1. The lowest BCUT2D eigenvalue weighted by molar-refractivity contribution is -0.112. The van der Waals surface area contributed by atoms with E-state index in [1.54, 1.807) is 66.4 Å². The predicted octanol–water partition coefficient (Wildman–Crippen LogP) is 3.73. The average molecular weight is 387 g/mol. The van der Waals surface area contributed by atoms with Gasteiger partial charge in [0.25, 0.3) is 5.91 Å². The fraction of sp³-hybridized carbons (Fsp3) is 0.0455. The lowest BCUT2D eigenvalue weighted by Crippen LogP contribution is -2.13. The second-order valence-corrected chi connectivity index (χ2v) is 6.01. The van der Waals surface area contributed by atoms with Crippen LogP contribution in [-0.4, -0.2) is 28.7 Å². The smallest absolute Gasteiger partial charge is 0.335 e. The number of anilines is 1. The van der Waals surface area contributed by atoms with Crippen molar-refractivity contribution in [2.24, 2.45) is 0 Å². The topological polar surface area (TPSA) is 104 Å². The van der Waals surface area contributed by atoms with Crippen LogP contribution >= 0.6 is 0 Å². The summed E-state index contributed by atoms with van der Waals surface area (Å²) in [7, 11) is 1.55. The highest BCUT2D eigenvalue weighted by atomic mass is 16.5. The molecule has 0 aliphatic carbocycles. The van der Waals surface area contributed by atoms with Crippen LogP contribution in [0, 0.1) is 11.3 Å². The molecule has 1 amide bonds. The zero-order chi connectivity index (χ0) is 20.8. The minimum Gasteiger partial charge on any atom is -0.497 e. The van der Waals surface area contributed by atoms with Crippen LogP contribution in [-0.2, 0) is 4.79 Å². The Labute approximate surface area is 167 Å². The van der Waals surface area contributed by atoms with Gasteiger partial charge in [-0.3, -0.25) is 4.79 Å². The number of carboxylic acids is 1. The highest BCUT2D eigenvalue weighted by Crippen LogP contribution is 2.19. The van der Waals surface area contributed by atoms with E-state index in [-0.39, 0.29) is 11.1 Å². The molecular weight excluding hydrogens is 370 g/mol. The molecule has 0 bridgehead atoms. The Bertz CT molecular complexity index is 1100. The molecule has 144 valence electrons. The van der Waals surface area contributed by atoms with Crippen LogP contribution in [0.4, 0.5) is 5.69 Å². The molecule has 7 heteroatoms. The molecule has 0 radical (unpaired) electrons. The molecule has 0 aliphatic heterocycles. The van der Waals surface area contributed by atoms with E-state index >= 15 is 0 Å². The SMILES string of the molecule is COc1ccc(NC(=O)/C(C#N)=C\c2cccn2-c2ccc(C(=O)O)cc2)cc1. The first-order valence-electron chi connectivity index (χ1n) is 8.60. The van der Waals surface area contributed by atoms with Crippen molar-refractivity contribution in [2.45, 2.75) is 0 Å². The van der Waals surface area contributed by atoms with Crippen molar-refractivity contribution >= 4 is 23.6 Å². The van der Waals surface area contributed by atoms with Gasteiger partial charge in [0.15, 0.2) is 0 Å². The maximum absolute atomic E-state index is 12.5. The van der Waals surface area contributed by atoms with E-state index in [2.05, 4.69) is 5.32 Å². The summed E-state index contributed by atoms with van der Waals surface area (Å²) in [6, 6.07) is 18.5. The number of nitrogens with one attached hydrogen (secondary N) is 1. The number of nitriles is 1. The molecular formula is C22H17N3O4. The predicted molar refractivity (Wildman–Crippen MR) is 108 cm³/mol. The number of ether oxygens (including phenoxy) is 1. The van der Waals surface area contributed by atoms with Crippen LogP contribution in [0.3, 0.4) is 0 Å². The van der Waals surface area contributed by atoms with E-state index in [4.69, 9.17) is 9.84 Å². The molecule has 2 N–H and O–H groups in total. The number of carbonyl (C=O) groups is 2. The number of benzene rings is 2. The first-order valence-corrected chi connectivity index (χ1v) is 8.60. The van der Waals surface area contributed by atoms with Gasteiger partial charge in [-0.15, -0.1) is 0 Å². The number of rotatable bonds is 6. The summed E-state index contributed by atoms with van der Waals surface area (Å²) in [6.07, 6.45) is 3.24. The summed E-state index contributed by atoms with van der Waals surface area (Å²) >= 11 is 0. The Kier molecular flexibility index (Phi) is 5.76. The zero-order valence-corrected chi connectivity index (χ0v) is 15.5. The van der Waals surface area contributed by atoms with E-state index in [1.807, 2.05) is 6.07 Å². The molecule has 1 aromatic heterocycles. The van der Waals surface area contributed by atoms with Gasteiger partial charge in [-0.05, 0) is 66.7 Å². The second-order valence-electron chi connectivity index (χ2n) is 6.01. The number of hydrogen-bond acceptors (Lipinski definition) is 4. The Hall–Kier alpha value is -4.31. The highest BCUT2D eigenvalue weighted by molar-refractivity contribution is 6.09. The van der Waals surface area contributed by atoms with Crippen molar-refractivity contribution in [3.63, 3.8) is 0 Å². The van der Waals surface area contributed by atoms with Crippen LogP contribution in [0.1, 0.15) is 16.1 Å². The molecule has 0 fully saturated rings. The third kappa shape index (κ3) is 4.51. The lowest BCUT2D eigenvalue weighted by atomic mass is 10.2. The summed E-state index contributed by atoms with van der Waals surface area (Å²) < 4.78 is 6.83. The van der Waals surface area contributed by atoms with Crippen LogP contribution in [0.15, 0.2) is 72.4 Å². The fourth-order valence-electron chi connectivity index (χ4n) is 2.68. The molecule has 0 saturated heterocycles. The maximum atomic E-state index is 12.5. The largest absolute Gasteiger partial charge is 0.497 e. The molecule has 0 aliphatic rings. The van der Waals surface area contributed by atoms with Crippen LogP contribution < -0.4 is 10.1 Å². The Morgan fingerprint density at radius 1 is 1.10 bits per heavy atom. The quantitative estimate of drug-likeness (QED) is 0.495. The summed E-state index contributed by atoms with van der Waals surface area (Å²) in [5.74, 6) is -0.886. The number of amides is 1. The molecule has 0 atom stereocenters. The van der Waals surface area contributed by atoms with Gasteiger partial charge in [0.1, 0.15) is 17.4 Å². The van der Waals surface area contributed by atoms with Gasteiger partial charge >= 0.3 is 5.97 Å². The van der Waals surface area contributed by atoms with E-state index in [0.29, 0.717) is 22.8 Å². The average Bonchev–Trinajstić information content (AvgIpc) is 3.20. The zero-order valence-electron chi connectivity index (χ0n) is 15.5. The standard InChI is InChI=1S/C22H17N3O4/c1-29-20-10-6-17(7-11-20)24-21(26)16(14-23)13-19-3-2-12-25(19)18-8-4-15(5-9-18)22(27)28/h2-13H,1H3,(H,24,26)(H,27,28)/b16-13-. The summed E-state index contributed by atoms with van der Waals surface area (Å²) in [5.41, 5.74) is 1.96. The first kappa shape index (κ1) is 19.5. The number of aromatic carboxylic acids is 1. The van der Waals surface area contributed by atoms with Crippen molar-refractivity contribution < 1.29 is 19.4 Å².